The number of carbonyl (C=O) groups is 1. The van der Waals surface area contributed by atoms with Crippen LogP contribution in [-0.2, 0) is 14.3 Å². The first-order valence-corrected chi connectivity index (χ1v) is 29.8. The summed E-state index contributed by atoms with van der Waals surface area (Å²) in [6.07, 6.45) is 66.1. The molecule has 1 heterocycles. The van der Waals surface area contributed by atoms with Crippen molar-refractivity contribution >= 4 is 5.91 Å². The number of aliphatic hydroxyl groups excluding tert-OH is 5. The molecule has 9 nitrogen and oxygen atoms in total. The quantitative estimate of drug-likeness (QED) is 0.0261. The van der Waals surface area contributed by atoms with Crippen molar-refractivity contribution in [3.05, 3.63) is 85.1 Å². The molecule has 6 N–H and O–H groups in total. The van der Waals surface area contributed by atoms with E-state index in [1.807, 2.05) is 0 Å². The Hall–Kier alpha value is -2.63. The van der Waals surface area contributed by atoms with Crippen molar-refractivity contribution < 1.29 is 39.8 Å². The minimum Gasteiger partial charge on any atom is -0.394 e. The van der Waals surface area contributed by atoms with Crippen LogP contribution >= 0.6 is 0 Å². The van der Waals surface area contributed by atoms with E-state index in [2.05, 4.69) is 104 Å². The van der Waals surface area contributed by atoms with Gasteiger partial charge in [-0.05, 0) is 70.6 Å². The Balaban J connectivity index is 2.13. The first-order valence-electron chi connectivity index (χ1n) is 29.8. The molecule has 0 aliphatic carbocycles. The summed E-state index contributed by atoms with van der Waals surface area (Å²) in [4.78, 5) is 13.1. The van der Waals surface area contributed by atoms with Crippen molar-refractivity contribution in [3.8, 4) is 0 Å². The SMILES string of the molecule is CC/C=C\C/C=C\C/C=C\C/C=C\C/C=C\C/C=C\C/C=C\CCCCCCCCCCCCCCCC(=O)NC(COC1OC(CO)C(O)C(O)C1O)C(O)CCCCCCCCCCCCCCCC. The molecule has 0 aromatic carbocycles. The number of aliphatic hydroxyl groups is 5. The summed E-state index contributed by atoms with van der Waals surface area (Å²) in [5.74, 6) is -0.147. The van der Waals surface area contributed by atoms with E-state index in [4.69, 9.17) is 9.47 Å². The third-order valence-electron chi connectivity index (χ3n) is 13.8. The molecule has 0 radical (unpaired) electrons. The molecule has 0 spiro atoms. The molecule has 1 amide bonds. The lowest BCUT2D eigenvalue weighted by Crippen LogP contribution is -2.60. The highest BCUT2D eigenvalue weighted by Gasteiger charge is 2.44. The maximum Gasteiger partial charge on any atom is 0.220 e. The van der Waals surface area contributed by atoms with Crippen LogP contribution in [0.5, 0.6) is 0 Å². The van der Waals surface area contributed by atoms with Crippen molar-refractivity contribution in [1.82, 2.24) is 5.32 Å². The lowest BCUT2D eigenvalue weighted by Gasteiger charge is -2.40. The van der Waals surface area contributed by atoms with E-state index in [1.54, 1.807) is 0 Å². The Labute approximate surface area is 441 Å². The van der Waals surface area contributed by atoms with Gasteiger partial charge in [0.25, 0.3) is 0 Å². The summed E-state index contributed by atoms with van der Waals surface area (Å²) < 4.78 is 11.3. The summed E-state index contributed by atoms with van der Waals surface area (Å²) in [6.45, 7) is 3.73. The number of unbranched alkanes of at least 4 members (excludes halogenated alkanes) is 26. The van der Waals surface area contributed by atoms with Crippen LogP contribution in [0.1, 0.15) is 251 Å². The van der Waals surface area contributed by atoms with Gasteiger partial charge < -0.3 is 40.3 Å². The minimum atomic E-state index is -1.56. The molecule has 0 aromatic heterocycles. The second kappa shape index (κ2) is 51.8. The van der Waals surface area contributed by atoms with E-state index < -0.39 is 49.5 Å². The van der Waals surface area contributed by atoms with Gasteiger partial charge in [-0.1, -0.05) is 259 Å². The first kappa shape index (κ1) is 67.4. The van der Waals surface area contributed by atoms with Crippen molar-refractivity contribution in [2.45, 2.75) is 294 Å². The average molecular weight is 1010 g/mol. The zero-order valence-corrected chi connectivity index (χ0v) is 46.2. The fourth-order valence-corrected chi connectivity index (χ4v) is 9.08. The summed E-state index contributed by atoms with van der Waals surface area (Å²) in [5.41, 5.74) is 0. The monoisotopic (exact) mass is 1010 g/mol. The van der Waals surface area contributed by atoms with Gasteiger partial charge in [0.15, 0.2) is 6.29 Å². The number of carbonyl (C=O) groups excluding carboxylic acids is 1. The van der Waals surface area contributed by atoms with Crippen molar-refractivity contribution in [2.24, 2.45) is 0 Å². The number of hydrogen-bond donors (Lipinski definition) is 6. The van der Waals surface area contributed by atoms with E-state index in [0.29, 0.717) is 12.8 Å². The highest BCUT2D eigenvalue weighted by atomic mass is 16.7. The van der Waals surface area contributed by atoms with Gasteiger partial charge in [-0.15, -0.1) is 0 Å². The van der Waals surface area contributed by atoms with E-state index in [1.165, 1.54) is 141 Å². The molecule has 1 fully saturated rings. The smallest absolute Gasteiger partial charge is 0.220 e. The highest BCUT2D eigenvalue weighted by Crippen LogP contribution is 2.23. The fraction of sp³-hybridized carbons (Fsp3) is 0.762. The molecule has 9 heteroatoms. The number of amides is 1. The Kier molecular flexibility index (Phi) is 48.5. The Bertz CT molecular complexity index is 1400. The van der Waals surface area contributed by atoms with Gasteiger partial charge >= 0.3 is 0 Å². The molecule has 1 aliphatic heterocycles. The molecule has 0 bridgehead atoms. The molecule has 7 unspecified atom stereocenters. The summed E-state index contributed by atoms with van der Waals surface area (Å²) in [5, 5.41) is 54.6. The average Bonchev–Trinajstić information content (AvgIpc) is 3.38. The van der Waals surface area contributed by atoms with E-state index in [-0.39, 0.29) is 12.5 Å². The molecular weight excluding hydrogens is 899 g/mol. The van der Waals surface area contributed by atoms with Gasteiger partial charge in [0.05, 0.1) is 25.4 Å². The maximum atomic E-state index is 13.1. The van der Waals surface area contributed by atoms with Crippen LogP contribution in [0.2, 0.25) is 0 Å². The maximum absolute atomic E-state index is 13.1. The van der Waals surface area contributed by atoms with Gasteiger partial charge in [0.1, 0.15) is 24.4 Å². The van der Waals surface area contributed by atoms with Gasteiger partial charge in [0.2, 0.25) is 5.91 Å². The van der Waals surface area contributed by atoms with Crippen LogP contribution in [0.25, 0.3) is 0 Å². The lowest BCUT2D eigenvalue weighted by atomic mass is 9.99. The highest BCUT2D eigenvalue weighted by molar-refractivity contribution is 5.76. The Morgan fingerprint density at radius 3 is 1.28 bits per heavy atom. The van der Waals surface area contributed by atoms with E-state index >= 15 is 0 Å². The number of ether oxygens (including phenoxy) is 2. The van der Waals surface area contributed by atoms with Gasteiger partial charge in [-0.25, -0.2) is 0 Å². The van der Waals surface area contributed by atoms with Gasteiger partial charge in [0, 0.05) is 6.42 Å². The van der Waals surface area contributed by atoms with E-state index in [0.717, 1.165) is 83.5 Å². The van der Waals surface area contributed by atoms with Gasteiger partial charge in [-0.2, -0.15) is 0 Å². The Morgan fingerprint density at radius 2 is 0.861 bits per heavy atom. The largest absolute Gasteiger partial charge is 0.394 e. The standard InChI is InChI=1S/C63H111NO8/c1-3-5-7-9-11-13-15-17-19-20-21-22-23-24-25-26-27-28-29-30-31-32-33-34-35-36-37-38-39-41-43-45-47-49-51-53-59(67)64-56(55-71-63-62(70)61(69)60(68)58(54-65)72-63)57(66)52-50-48-46-44-42-40-18-16-14-12-10-8-6-4-2/h5,7,11,13,17,19,21-22,24-25,27-28,30-31,56-58,60-63,65-66,68-70H,3-4,6,8-10,12,14-16,18,20,23,26,29,32-55H2,1-2H3,(H,64,67)/b7-5-,13-11-,19-17-,22-21-,25-24-,28-27-,31-30-. The third-order valence-corrected chi connectivity index (χ3v) is 13.8. The number of nitrogens with one attached hydrogen (secondary N) is 1. The van der Waals surface area contributed by atoms with E-state index in [9.17, 15) is 30.3 Å². The van der Waals surface area contributed by atoms with Crippen molar-refractivity contribution in [1.29, 1.82) is 0 Å². The molecule has 416 valence electrons. The molecule has 1 saturated heterocycles. The normalized spacial score (nSPS) is 19.8. The third kappa shape index (κ3) is 40.7. The van der Waals surface area contributed by atoms with Crippen LogP contribution in [0.15, 0.2) is 85.1 Å². The molecule has 72 heavy (non-hydrogen) atoms. The second-order valence-electron chi connectivity index (χ2n) is 20.4. The van der Waals surface area contributed by atoms with Crippen LogP contribution in [0.3, 0.4) is 0 Å². The van der Waals surface area contributed by atoms with Crippen molar-refractivity contribution in [2.75, 3.05) is 13.2 Å². The molecular formula is C63H111NO8. The fourth-order valence-electron chi connectivity index (χ4n) is 9.08. The zero-order chi connectivity index (χ0) is 52.2. The predicted molar refractivity (Wildman–Crippen MR) is 304 cm³/mol. The zero-order valence-electron chi connectivity index (χ0n) is 46.2. The Morgan fingerprint density at radius 1 is 0.486 bits per heavy atom. The number of rotatable bonds is 50. The summed E-state index contributed by atoms with van der Waals surface area (Å²) >= 11 is 0. The van der Waals surface area contributed by atoms with Crippen LogP contribution in [-0.4, -0.2) is 87.5 Å². The van der Waals surface area contributed by atoms with Crippen LogP contribution in [0, 0.1) is 0 Å². The molecule has 0 aromatic rings. The second-order valence-corrected chi connectivity index (χ2v) is 20.4. The van der Waals surface area contributed by atoms with Crippen LogP contribution < -0.4 is 5.32 Å². The predicted octanol–water partition coefficient (Wildman–Crippen LogP) is 15.0. The summed E-state index contributed by atoms with van der Waals surface area (Å²) in [7, 11) is 0. The number of hydrogen-bond acceptors (Lipinski definition) is 8. The van der Waals surface area contributed by atoms with Gasteiger partial charge in [-0.3, -0.25) is 4.79 Å². The first-order chi connectivity index (χ1) is 35.3. The topological polar surface area (TPSA) is 149 Å². The van der Waals surface area contributed by atoms with Crippen molar-refractivity contribution in [3.63, 3.8) is 0 Å². The summed E-state index contributed by atoms with van der Waals surface area (Å²) in [6, 6.07) is -0.723. The molecule has 1 rings (SSSR count). The molecule has 7 atom stereocenters. The molecule has 1 aliphatic rings. The minimum absolute atomic E-state index is 0.140. The lowest BCUT2D eigenvalue weighted by molar-refractivity contribution is -0.302. The molecule has 0 saturated carbocycles. The van der Waals surface area contributed by atoms with Crippen LogP contribution in [0.4, 0.5) is 0 Å². The number of allylic oxidation sites excluding steroid dienone is 14.